The first-order valence-corrected chi connectivity index (χ1v) is 10.6. The number of nitrogens with two attached hydrogens (primary N) is 1. The molecule has 1 aliphatic heterocycles. The number of benzene rings is 1. The minimum Gasteiger partial charge on any atom is -0.370 e. The molecule has 0 bridgehead atoms. The summed E-state index contributed by atoms with van der Waals surface area (Å²) in [7, 11) is 1.81. The van der Waals surface area contributed by atoms with Crippen molar-refractivity contribution in [1.29, 1.82) is 0 Å². The molecule has 1 aliphatic rings. The van der Waals surface area contributed by atoms with Crippen LogP contribution in [0.3, 0.4) is 0 Å². The van der Waals surface area contributed by atoms with Crippen LogP contribution in [0.2, 0.25) is 0 Å². The normalized spacial score (nSPS) is 18.7. The van der Waals surface area contributed by atoms with Gasteiger partial charge in [-0.3, -0.25) is 9.79 Å². The fraction of sp³-hybridized carbons (Fsp3) is 0.579. The van der Waals surface area contributed by atoms with Crippen molar-refractivity contribution in [3.05, 3.63) is 28.7 Å². The van der Waals surface area contributed by atoms with Crippen LogP contribution in [-0.4, -0.2) is 48.2 Å². The highest BCUT2D eigenvalue weighted by atomic mass is 79.9. The first-order chi connectivity index (χ1) is 12.3. The molecule has 1 saturated heterocycles. The van der Waals surface area contributed by atoms with Gasteiger partial charge >= 0.3 is 0 Å². The van der Waals surface area contributed by atoms with Crippen LogP contribution in [0, 0.1) is 5.92 Å². The quantitative estimate of drug-likeness (QED) is 0.403. The van der Waals surface area contributed by atoms with E-state index in [1.807, 2.05) is 18.8 Å². The molecule has 0 aliphatic carbocycles. The van der Waals surface area contributed by atoms with Crippen LogP contribution in [0.15, 0.2) is 38.6 Å². The third kappa shape index (κ3) is 6.83. The van der Waals surface area contributed by atoms with Gasteiger partial charge < -0.3 is 16.0 Å². The molecule has 0 aromatic heterocycles. The number of nitrogens with zero attached hydrogens (tertiary/aromatic N) is 2. The van der Waals surface area contributed by atoms with Gasteiger partial charge in [-0.15, -0.1) is 11.8 Å². The zero-order chi connectivity index (χ0) is 19.2. The first-order valence-electron chi connectivity index (χ1n) is 8.97. The molecule has 144 valence electrons. The van der Waals surface area contributed by atoms with Crippen molar-refractivity contribution in [2.45, 2.75) is 42.8 Å². The van der Waals surface area contributed by atoms with Gasteiger partial charge in [-0.2, -0.15) is 0 Å². The van der Waals surface area contributed by atoms with E-state index in [9.17, 15) is 4.79 Å². The van der Waals surface area contributed by atoms with Gasteiger partial charge in [0.05, 0.1) is 0 Å². The maximum absolute atomic E-state index is 11.2. The maximum atomic E-state index is 11.2. The fourth-order valence-electron chi connectivity index (χ4n) is 3.19. The molecule has 3 N–H and O–H groups in total. The second-order valence-corrected chi connectivity index (χ2v) is 10.0. The largest absolute Gasteiger partial charge is 0.370 e. The molecule has 0 spiro atoms. The number of carbonyl (C=O) groups excluding carboxylic acids is 1. The average molecular weight is 441 g/mol. The molecule has 26 heavy (non-hydrogen) atoms. The number of halogens is 1. The molecule has 1 unspecified atom stereocenters. The summed E-state index contributed by atoms with van der Waals surface area (Å²) in [5.41, 5.74) is 5.37. The number of piperidine rings is 1. The Hall–Kier alpha value is -1.21. The minimum absolute atomic E-state index is 0.0200. The SMILES string of the molecule is CN=C(NCC(C)(C)Sc1ccc(Br)cc1)N1CCCC(CC(N)=O)C1. The number of carbonyl (C=O) groups is 1. The minimum atomic E-state index is -0.216. The topological polar surface area (TPSA) is 70.7 Å². The van der Waals surface area contributed by atoms with Crippen LogP contribution in [0.25, 0.3) is 0 Å². The van der Waals surface area contributed by atoms with E-state index in [0.717, 1.165) is 42.9 Å². The van der Waals surface area contributed by atoms with E-state index < -0.39 is 0 Å². The second-order valence-electron chi connectivity index (χ2n) is 7.34. The van der Waals surface area contributed by atoms with E-state index in [4.69, 9.17) is 5.73 Å². The molecular weight excluding hydrogens is 412 g/mol. The van der Waals surface area contributed by atoms with Crippen LogP contribution in [0.4, 0.5) is 0 Å². The first kappa shape index (κ1) is 21.1. The molecule has 1 fully saturated rings. The highest BCUT2D eigenvalue weighted by Gasteiger charge is 2.25. The van der Waals surface area contributed by atoms with E-state index in [1.54, 1.807) is 0 Å². The lowest BCUT2D eigenvalue weighted by Crippen LogP contribution is -2.49. The van der Waals surface area contributed by atoms with Crippen LogP contribution in [0.1, 0.15) is 33.1 Å². The number of amides is 1. The van der Waals surface area contributed by atoms with E-state index in [-0.39, 0.29) is 10.7 Å². The van der Waals surface area contributed by atoms with E-state index in [0.29, 0.717) is 12.3 Å². The van der Waals surface area contributed by atoms with Gasteiger partial charge in [0.1, 0.15) is 0 Å². The van der Waals surface area contributed by atoms with E-state index in [1.165, 1.54) is 4.90 Å². The monoisotopic (exact) mass is 440 g/mol. The Morgan fingerprint density at radius 1 is 1.42 bits per heavy atom. The number of thioether (sulfide) groups is 1. The molecule has 1 atom stereocenters. The predicted octanol–water partition coefficient (Wildman–Crippen LogP) is 3.48. The van der Waals surface area contributed by atoms with E-state index >= 15 is 0 Å². The van der Waals surface area contributed by atoms with Crippen molar-refractivity contribution in [2.24, 2.45) is 16.6 Å². The molecule has 0 radical (unpaired) electrons. The lowest BCUT2D eigenvalue weighted by Gasteiger charge is -2.36. The zero-order valence-corrected chi connectivity index (χ0v) is 18.2. The van der Waals surface area contributed by atoms with Crippen LogP contribution >= 0.6 is 27.7 Å². The highest BCUT2D eigenvalue weighted by Crippen LogP contribution is 2.32. The fourth-order valence-corrected chi connectivity index (χ4v) is 4.51. The Kier molecular flexibility index (Phi) is 7.83. The molecule has 0 saturated carbocycles. The zero-order valence-electron chi connectivity index (χ0n) is 15.8. The number of aliphatic imine (C=N–C) groups is 1. The number of nitrogens with one attached hydrogen (secondary N) is 1. The lowest BCUT2D eigenvalue weighted by molar-refractivity contribution is -0.119. The molecule has 1 aromatic carbocycles. The molecule has 7 heteroatoms. The van der Waals surface area contributed by atoms with Gasteiger partial charge in [-0.1, -0.05) is 15.9 Å². The van der Waals surface area contributed by atoms with Gasteiger partial charge in [-0.05, 0) is 56.9 Å². The van der Waals surface area contributed by atoms with Crippen LogP contribution in [-0.2, 0) is 4.79 Å². The van der Waals surface area contributed by atoms with Crippen LogP contribution < -0.4 is 11.1 Å². The van der Waals surface area contributed by atoms with Gasteiger partial charge in [0.25, 0.3) is 0 Å². The number of likely N-dealkylation sites (tertiary alicyclic amines) is 1. The third-order valence-corrected chi connectivity index (χ3v) is 6.13. The van der Waals surface area contributed by atoms with Crippen molar-refractivity contribution in [3.8, 4) is 0 Å². The van der Waals surface area contributed by atoms with Crippen molar-refractivity contribution >= 4 is 39.6 Å². The molecule has 1 aromatic rings. The number of rotatable bonds is 6. The smallest absolute Gasteiger partial charge is 0.217 e. The van der Waals surface area contributed by atoms with Crippen LogP contribution in [0.5, 0.6) is 0 Å². The van der Waals surface area contributed by atoms with Gasteiger partial charge in [0, 0.05) is 47.2 Å². The number of hydrogen-bond donors (Lipinski definition) is 2. The maximum Gasteiger partial charge on any atom is 0.217 e. The summed E-state index contributed by atoms with van der Waals surface area (Å²) in [6, 6.07) is 8.39. The van der Waals surface area contributed by atoms with Crippen molar-refractivity contribution in [3.63, 3.8) is 0 Å². The highest BCUT2D eigenvalue weighted by molar-refractivity contribution is 9.10. The summed E-state index contributed by atoms with van der Waals surface area (Å²) in [6.45, 7) is 7.06. The van der Waals surface area contributed by atoms with Crippen molar-refractivity contribution in [2.75, 3.05) is 26.7 Å². The second kappa shape index (κ2) is 9.65. The van der Waals surface area contributed by atoms with Gasteiger partial charge in [0.15, 0.2) is 5.96 Å². The summed E-state index contributed by atoms with van der Waals surface area (Å²) in [4.78, 5) is 19.2. The molecular formula is C19H29BrN4OS. The Labute approximate surface area is 169 Å². The molecule has 5 nitrogen and oxygen atoms in total. The Morgan fingerprint density at radius 3 is 2.73 bits per heavy atom. The summed E-state index contributed by atoms with van der Waals surface area (Å²) >= 11 is 5.32. The van der Waals surface area contributed by atoms with Crippen molar-refractivity contribution < 1.29 is 4.79 Å². The molecule has 2 rings (SSSR count). The van der Waals surface area contributed by atoms with Gasteiger partial charge in [0.2, 0.25) is 5.91 Å². The number of hydrogen-bond acceptors (Lipinski definition) is 3. The lowest BCUT2D eigenvalue weighted by atomic mass is 9.95. The predicted molar refractivity (Wildman–Crippen MR) is 114 cm³/mol. The standard InChI is InChI=1S/C19H29BrN4OS/c1-19(2,26-16-8-6-15(20)7-9-16)13-23-18(22-3)24-10-4-5-14(12-24)11-17(21)25/h6-9,14H,4-5,10-13H2,1-3H3,(H2,21,25)(H,22,23). The van der Waals surface area contributed by atoms with Crippen molar-refractivity contribution in [1.82, 2.24) is 10.2 Å². The average Bonchev–Trinajstić information content (AvgIpc) is 2.57. The summed E-state index contributed by atoms with van der Waals surface area (Å²) < 4.78 is 1.11. The summed E-state index contributed by atoms with van der Waals surface area (Å²) in [5.74, 6) is 1.01. The molecule has 1 amide bonds. The summed E-state index contributed by atoms with van der Waals surface area (Å²) in [5, 5.41) is 3.51. The third-order valence-electron chi connectivity index (χ3n) is 4.40. The Bertz CT molecular complexity index is 633. The van der Waals surface area contributed by atoms with Gasteiger partial charge in [-0.25, -0.2) is 0 Å². The molecule has 1 heterocycles. The number of primary amides is 1. The Morgan fingerprint density at radius 2 is 2.12 bits per heavy atom. The van der Waals surface area contributed by atoms with E-state index in [2.05, 4.69) is 69.3 Å². The summed E-state index contributed by atoms with van der Waals surface area (Å²) in [6.07, 6.45) is 2.58. The Balaban J connectivity index is 1.90. The number of guanidine groups is 1.